The number of pyridine rings is 1. The Morgan fingerprint density at radius 3 is 2.70 bits per heavy atom. The Morgan fingerprint density at radius 1 is 1.24 bits per heavy atom. The van der Waals surface area contributed by atoms with Gasteiger partial charge in [-0.15, -0.1) is 0 Å². The molecular formula is C24H26FN3O5. The van der Waals surface area contributed by atoms with Crippen molar-refractivity contribution in [3.05, 3.63) is 65.2 Å². The number of aliphatic hydroxyl groups excluding tert-OH is 1. The number of rotatable bonds is 7. The lowest BCUT2D eigenvalue weighted by Crippen LogP contribution is -2.39. The Labute approximate surface area is 191 Å². The van der Waals surface area contributed by atoms with Crippen LogP contribution in [0.4, 0.5) is 4.39 Å². The van der Waals surface area contributed by atoms with Crippen LogP contribution < -0.4 is 4.74 Å². The van der Waals surface area contributed by atoms with Crippen LogP contribution in [0, 0.1) is 5.82 Å². The highest BCUT2D eigenvalue weighted by molar-refractivity contribution is 6.46. The number of ketones is 1. The number of benzene rings is 1. The second kappa shape index (κ2) is 10.1. The van der Waals surface area contributed by atoms with E-state index in [4.69, 9.17) is 9.47 Å². The summed E-state index contributed by atoms with van der Waals surface area (Å²) in [6.07, 6.45) is 3.81. The number of amides is 1. The fourth-order valence-corrected chi connectivity index (χ4v) is 4.25. The summed E-state index contributed by atoms with van der Waals surface area (Å²) >= 11 is 0. The Morgan fingerprint density at radius 2 is 2.03 bits per heavy atom. The van der Waals surface area contributed by atoms with E-state index in [-0.39, 0.29) is 16.9 Å². The van der Waals surface area contributed by atoms with Crippen molar-refractivity contribution < 1.29 is 28.6 Å². The van der Waals surface area contributed by atoms with Crippen LogP contribution in [0.25, 0.3) is 5.76 Å². The summed E-state index contributed by atoms with van der Waals surface area (Å²) in [6, 6.07) is 6.54. The zero-order chi connectivity index (χ0) is 23.4. The van der Waals surface area contributed by atoms with E-state index in [9.17, 15) is 19.1 Å². The standard InChI is InChI=1S/C24H26FN3O5/c1-32-19-6-5-16(14-18(19)25)22(29)20-21(17-4-2-7-26-15-17)28(24(31)23(20)30)9-3-8-27-10-12-33-13-11-27/h2,4-7,14-15,21,29H,3,8-13H2,1H3/t21-/m0/s1. The first-order valence-corrected chi connectivity index (χ1v) is 10.8. The van der Waals surface area contributed by atoms with Gasteiger partial charge in [0, 0.05) is 44.1 Å². The van der Waals surface area contributed by atoms with Gasteiger partial charge in [-0.25, -0.2) is 4.39 Å². The minimum absolute atomic E-state index is 0.0129. The molecule has 9 heteroatoms. The number of Topliss-reactive ketones (excluding diaryl/α,β-unsaturated/α-hetero) is 1. The Balaban J connectivity index is 1.66. The molecule has 0 aliphatic carbocycles. The topological polar surface area (TPSA) is 92.2 Å². The molecule has 2 aliphatic rings. The van der Waals surface area contributed by atoms with Gasteiger partial charge < -0.3 is 19.5 Å². The van der Waals surface area contributed by atoms with Crippen LogP contribution in [0.5, 0.6) is 5.75 Å². The summed E-state index contributed by atoms with van der Waals surface area (Å²) in [6.45, 7) is 4.10. The molecule has 8 nitrogen and oxygen atoms in total. The summed E-state index contributed by atoms with van der Waals surface area (Å²) in [7, 11) is 1.34. The Hall–Kier alpha value is -3.30. The molecule has 0 saturated carbocycles. The largest absolute Gasteiger partial charge is 0.507 e. The van der Waals surface area contributed by atoms with Crippen LogP contribution in [0.3, 0.4) is 0 Å². The van der Waals surface area contributed by atoms with Crippen molar-refractivity contribution in [1.29, 1.82) is 0 Å². The van der Waals surface area contributed by atoms with Gasteiger partial charge >= 0.3 is 0 Å². The molecular weight excluding hydrogens is 429 g/mol. The van der Waals surface area contributed by atoms with E-state index < -0.39 is 29.3 Å². The van der Waals surface area contributed by atoms with Crippen molar-refractivity contribution in [3.8, 4) is 5.75 Å². The van der Waals surface area contributed by atoms with Crippen LogP contribution in [-0.4, -0.2) is 78.1 Å². The first kappa shape index (κ1) is 22.9. The summed E-state index contributed by atoms with van der Waals surface area (Å²) < 4.78 is 24.6. The fraction of sp³-hybridized carbons (Fsp3) is 0.375. The molecule has 1 atom stereocenters. The predicted molar refractivity (Wildman–Crippen MR) is 118 cm³/mol. The minimum atomic E-state index is -0.812. The smallest absolute Gasteiger partial charge is 0.295 e. The van der Waals surface area contributed by atoms with Gasteiger partial charge in [-0.1, -0.05) is 6.07 Å². The Kier molecular flexibility index (Phi) is 7.00. The average molecular weight is 455 g/mol. The normalized spacial score (nSPS) is 20.9. The monoisotopic (exact) mass is 455 g/mol. The lowest BCUT2D eigenvalue weighted by Gasteiger charge is -2.29. The van der Waals surface area contributed by atoms with E-state index in [0.717, 1.165) is 25.7 Å². The zero-order valence-electron chi connectivity index (χ0n) is 18.4. The van der Waals surface area contributed by atoms with Gasteiger partial charge in [0.25, 0.3) is 11.7 Å². The molecule has 0 radical (unpaired) electrons. The molecule has 174 valence electrons. The summed E-state index contributed by atoms with van der Waals surface area (Å²) in [5.41, 5.74) is 0.607. The van der Waals surface area contributed by atoms with Gasteiger partial charge in [-0.2, -0.15) is 0 Å². The van der Waals surface area contributed by atoms with Crippen molar-refractivity contribution in [2.24, 2.45) is 0 Å². The number of halogens is 1. The molecule has 2 aliphatic heterocycles. The van der Waals surface area contributed by atoms with Crippen LogP contribution in [-0.2, 0) is 14.3 Å². The third-order valence-corrected chi connectivity index (χ3v) is 5.94. The number of carbonyl (C=O) groups excluding carboxylic acids is 2. The van der Waals surface area contributed by atoms with Crippen LogP contribution in [0.1, 0.15) is 23.6 Å². The second-order valence-corrected chi connectivity index (χ2v) is 7.94. The van der Waals surface area contributed by atoms with Crippen molar-refractivity contribution in [1.82, 2.24) is 14.8 Å². The lowest BCUT2D eigenvalue weighted by molar-refractivity contribution is -0.140. The summed E-state index contributed by atoms with van der Waals surface area (Å²) in [4.78, 5) is 33.8. The van der Waals surface area contributed by atoms with E-state index in [0.29, 0.717) is 31.7 Å². The number of aliphatic hydroxyl groups is 1. The number of nitrogens with zero attached hydrogens (tertiary/aromatic N) is 3. The lowest BCUT2D eigenvalue weighted by atomic mass is 9.96. The molecule has 2 fully saturated rings. The number of hydrogen-bond donors (Lipinski definition) is 1. The number of likely N-dealkylation sites (tertiary alicyclic amines) is 1. The zero-order valence-corrected chi connectivity index (χ0v) is 18.4. The van der Waals surface area contributed by atoms with Gasteiger partial charge in [-0.3, -0.25) is 19.5 Å². The van der Waals surface area contributed by atoms with Gasteiger partial charge in [-0.05, 0) is 36.2 Å². The van der Waals surface area contributed by atoms with E-state index in [1.165, 1.54) is 24.1 Å². The number of ether oxygens (including phenoxy) is 2. The van der Waals surface area contributed by atoms with Crippen molar-refractivity contribution in [2.75, 3.05) is 46.5 Å². The quantitative estimate of drug-likeness (QED) is 0.389. The summed E-state index contributed by atoms with van der Waals surface area (Å²) in [5.74, 6) is -2.59. The molecule has 3 heterocycles. The molecule has 0 spiro atoms. The van der Waals surface area contributed by atoms with Gasteiger partial charge in [0.15, 0.2) is 11.6 Å². The number of aromatic nitrogens is 1. The maximum Gasteiger partial charge on any atom is 0.295 e. The molecule has 2 aromatic rings. The molecule has 2 saturated heterocycles. The molecule has 4 rings (SSSR count). The summed E-state index contributed by atoms with van der Waals surface area (Å²) in [5, 5.41) is 11.0. The fourth-order valence-electron chi connectivity index (χ4n) is 4.25. The molecule has 0 bridgehead atoms. The molecule has 1 aromatic carbocycles. The van der Waals surface area contributed by atoms with Gasteiger partial charge in [0.1, 0.15) is 5.76 Å². The molecule has 1 amide bonds. The number of morpholine rings is 1. The molecule has 1 N–H and O–H groups in total. The van der Waals surface area contributed by atoms with Crippen LogP contribution in [0.2, 0.25) is 0 Å². The molecule has 0 unspecified atom stereocenters. The highest BCUT2D eigenvalue weighted by atomic mass is 19.1. The SMILES string of the molecule is COc1ccc(C(O)=C2C(=O)C(=O)N(CCCN3CCOCC3)[C@H]2c2cccnc2)cc1F. The third-order valence-electron chi connectivity index (χ3n) is 5.94. The number of methoxy groups -OCH3 is 1. The van der Waals surface area contributed by atoms with Gasteiger partial charge in [0.2, 0.25) is 0 Å². The highest BCUT2D eigenvalue weighted by Crippen LogP contribution is 2.39. The maximum absolute atomic E-state index is 14.3. The predicted octanol–water partition coefficient (Wildman–Crippen LogP) is 2.37. The van der Waals surface area contributed by atoms with E-state index in [2.05, 4.69) is 9.88 Å². The third kappa shape index (κ3) is 4.74. The van der Waals surface area contributed by atoms with Crippen LogP contribution in [0.15, 0.2) is 48.3 Å². The molecule has 1 aromatic heterocycles. The first-order chi connectivity index (χ1) is 16.0. The minimum Gasteiger partial charge on any atom is -0.507 e. The Bertz CT molecular complexity index is 1050. The maximum atomic E-state index is 14.3. The second-order valence-electron chi connectivity index (χ2n) is 7.94. The highest BCUT2D eigenvalue weighted by Gasteiger charge is 2.46. The number of hydrogen-bond acceptors (Lipinski definition) is 7. The van der Waals surface area contributed by atoms with Gasteiger partial charge in [0.05, 0.1) is 31.9 Å². The van der Waals surface area contributed by atoms with E-state index in [1.807, 2.05) is 0 Å². The van der Waals surface area contributed by atoms with Crippen LogP contribution >= 0.6 is 0 Å². The van der Waals surface area contributed by atoms with E-state index in [1.54, 1.807) is 24.5 Å². The average Bonchev–Trinajstić information content (AvgIpc) is 3.10. The van der Waals surface area contributed by atoms with Crippen molar-refractivity contribution in [2.45, 2.75) is 12.5 Å². The first-order valence-electron chi connectivity index (χ1n) is 10.8. The van der Waals surface area contributed by atoms with Crippen molar-refractivity contribution >= 4 is 17.4 Å². The van der Waals surface area contributed by atoms with Crippen molar-refractivity contribution in [3.63, 3.8) is 0 Å². The van der Waals surface area contributed by atoms with E-state index >= 15 is 0 Å². The molecule has 33 heavy (non-hydrogen) atoms. The number of carbonyl (C=O) groups is 2.